The third kappa shape index (κ3) is 3.07. The van der Waals surface area contributed by atoms with Gasteiger partial charge in [-0.2, -0.15) is 5.10 Å². The number of carboxylic acid groups (broad SMARTS) is 1. The molecular formula is C11H11N5O4. The summed E-state index contributed by atoms with van der Waals surface area (Å²) < 4.78 is 4.36. The molecular weight excluding hydrogens is 266 g/mol. The zero-order valence-corrected chi connectivity index (χ0v) is 10.5. The Bertz CT molecular complexity index is 685. The molecule has 0 amide bonds. The lowest BCUT2D eigenvalue weighted by molar-refractivity contribution is 0.143. The lowest BCUT2D eigenvalue weighted by Gasteiger charge is -2.04. The molecule has 0 spiro atoms. The van der Waals surface area contributed by atoms with Crippen LogP contribution >= 0.6 is 0 Å². The minimum absolute atomic E-state index is 0.266. The van der Waals surface area contributed by atoms with E-state index in [0.29, 0.717) is 18.2 Å². The Balaban J connectivity index is 2.39. The van der Waals surface area contributed by atoms with E-state index in [1.165, 1.54) is 12.3 Å². The minimum atomic E-state index is -1.58. The molecule has 0 saturated heterocycles. The second-order valence-corrected chi connectivity index (χ2v) is 3.61. The van der Waals surface area contributed by atoms with Crippen molar-refractivity contribution in [3.8, 4) is 17.1 Å². The quantitative estimate of drug-likeness (QED) is 0.697. The first-order valence-corrected chi connectivity index (χ1v) is 5.68. The molecule has 0 aliphatic carbocycles. The number of hydrogen-bond acceptors (Lipinski definition) is 7. The van der Waals surface area contributed by atoms with Crippen LogP contribution in [0.5, 0.6) is 5.75 Å². The number of carbonyl (C=O) groups is 1. The predicted molar refractivity (Wildman–Crippen MR) is 68.7 cm³/mol. The maximum absolute atomic E-state index is 11.4. The molecule has 9 nitrogen and oxygen atoms in total. The highest BCUT2D eigenvalue weighted by Gasteiger charge is 2.11. The summed E-state index contributed by atoms with van der Waals surface area (Å²) in [6, 6.07) is 2.77. The van der Waals surface area contributed by atoms with E-state index in [9.17, 15) is 9.59 Å². The molecule has 0 aliphatic heterocycles. The molecule has 2 rings (SSSR count). The average Bonchev–Trinajstić information content (AvgIpc) is 2.41. The van der Waals surface area contributed by atoms with Gasteiger partial charge in [0.05, 0.1) is 5.69 Å². The molecule has 0 fully saturated rings. The SMILES string of the molecule is CCNc1nccc(-c2cc(OC(=O)O)c(=O)[nH]n2)n1. The van der Waals surface area contributed by atoms with Gasteiger partial charge in [-0.15, -0.1) is 0 Å². The van der Waals surface area contributed by atoms with Gasteiger partial charge in [-0.25, -0.2) is 19.9 Å². The molecule has 3 N–H and O–H groups in total. The number of nitrogens with one attached hydrogen (secondary N) is 2. The molecule has 9 heteroatoms. The Kier molecular flexibility index (Phi) is 3.89. The number of hydrogen-bond donors (Lipinski definition) is 3. The van der Waals surface area contributed by atoms with Gasteiger partial charge in [0.15, 0.2) is 0 Å². The van der Waals surface area contributed by atoms with Crippen LogP contribution in [-0.2, 0) is 0 Å². The zero-order chi connectivity index (χ0) is 14.5. The van der Waals surface area contributed by atoms with Gasteiger partial charge in [-0.3, -0.25) is 4.79 Å². The summed E-state index contributed by atoms with van der Waals surface area (Å²) in [4.78, 5) is 30.0. The minimum Gasteiger partial charge on any atom is -0.449 e. The first-order chi connectivity index (χ1) is 9.60. The van der Waals surface area contributed by atoms with Gasteiger partial charge in [0.2, 0.25) is 11.7 Å². The molecule has 0 saturated carbocycles. The first kappa shape index (κ1) is 13.5. The van der Waals surface area contributed by atoms with Crippen molar-refractivity contribution in [3.63, 3.8) is 0 Å². The molecule has 2 aromatic rings. The van der Waals surface area contributed by atoms with Crippen molar-refractivity contribution in [3.05, 3.63) is 28.7 Å². The smallest absolute Gasteiger partial charge is 0.449 e. The number of anilines is 1. The fourth-order valence-corrected chi connectivity index (χ4v) is 1.43. The highest BCUT2D eigenvalue weighted by Crippen LogP contribution is 2.17. The number of ether oxygens (including phenoxy) is 1. The third-order valence-electron chi connectivity index (χ3n) is 2.22. The van der Waals surface area contributed by atoms with Crippen LogP contribution in [0.2, 0.25) is 0 Å². The number of rotatable bonds is 4. The van der Waals surface area contributed by atoms with Crippen LogP contribution in [0.4, 0.5) is 10.7 Å². The van der Waals surface area contributed by atoms with Gasteiger partial charge in [0.1, 0.15) is 5.69 Å². The van der Waals surface area contributed by atoms with Crippen LogP contribution in [-0.4, -0.2) is 38.0 Å². The van der Waals surface area contributed by atoms with Crippen LogP contribution < -0.4 is 15.6 Å². The lowest BCUT2D eigenvalue weighted by atomic mass is 10.3. The number of H-pyrrole nitrogens is 1. The van der Waals surface area contributed by atoms with Crippen LogP contribution in [0, 0.1) is 0 Å². The number of aromatic nitrogens is 4. The first-order valence-electron chi connectivity index (χ1n) is 5.68. The summed E-state index contributed by atoms with van der Waals surface area (Å²) in [6.07, 6.45) is -0.0612. The highest BCUT2D eigenvalue weighted by atomic mass is 16.7. The predicted octanol–water partition coefficient (Wildman–Crippen LogP) is 0.715. The van der Waals surface area contributed by atoms with E-state index in [-0.39, 0.29) is 11.4 Å². The van der Waals surface area contributed by atoms with Gasteiger partial charge < -0.3 is 15.2 Å². The standard InChI is InChI=1S/C11H11N5O4/c1-2-12-10-13-4-3-6(14-10)7-5-8(20-11(18)19)9(17)16-15-7/h3-5H,2H2,1H3,(H,16,17)(H,18,19)(H,12,13,14). The van der Waals surface area contributed by atoms with Gasteiger partial charge in [0, 0.05) is 18.8 Å². The van der Waals surface area contributed by atoms with E-state index >= 15 is 0 Å². The molecule has 0 bridgehead atoms. The Morgan fingerprint density at radius 3 is 3.00 bits per heavy atom. The highest BCUT2D eigenvalue weighted by molar-refractivity contribution is 5.63. The number of nitrogens with zero attached hydrogens (tertiary/aromatic N) is 3. The molecule has 0 unspecified atom stereocenters. The van der Waals surface area contributed by atoms with E-state index in [4.69, 9.17) is 5.11 Å². The van der Waals surface area contributed by atoms with Gasteiger partial charge in [-0.1, -0.05) is 0 Å². The van der Waals surface area contributed by atoms with Gasteiger partial charge >= 0.3 is 11.7 Å². The molecule has 0 aromatic carbocycles. The number of aromatic amines is 1. The topological polar surface area (TPSA) is 130 Å². The fraction of sp³-hybridized carbons (Fsp3) is 0.182. The molecule has 0 atom stereocenters. The van der Waals surface area contributed by atoms with Crippen molar-refractivity contribution in [2.24, 2.45) is 0 Å². The summed E-state index contributed by atoms with van der Waals surface area (Å²) in [6.45, 7) is 2.54. The van der Waals surface area contributed by atoms with Crippen molar-refractivity contribution in [2.75, 3.05) is 11.9 Å². The third-order valence-corrected chi connectivity index (χ3v) is 2.22. The van der Waals surface area contributed by atoms with Gasteiger partial charge in [-0.05, 0) is 13.0 Å². The van der Waals surface area contributed by atoms with E-state index in [1.54, 1.807) is 6.07 Å². The summed E-state index contributed by atoms with van der Waals surface area (Å²) in [5.74, 6) is 0.0322. The Morgan fingerprint density at radius 1 is 1.50 bits per heavy atom. The molecule has 20 heavy (non-hydrogen) atoms. The van der Waals surface area contributed by atoms with E-state index in [2.05, 4.69) is 30.2 Å². The van der Waals surface area contributed by atoms with Crippen LogP contribution in [0.1, 0.15) is 6.92 Å². The molecule has 2 heterocycles. The normalized spacial score (nSPS) is 10.1. The molecule has 2 aromatic heterocycles. The van der Waals surface area contributed by atoms with Crippen LogP contribution in [0.15, 0.2) is 23.1 Å². The van der Waals surface area contributed by atoms with E-state index < -0.39 is 11.7 Å². The fourth-order valence-electron chi connectivity index (χ4n) is 1.43. The monoisotopic (exact) mass is 277 g/mol. The zero-order valence-electron chi connectivity index (χ0n) is 10.5. The van der Waals surface area contributed by atoms with E-state index in [1.807, 2.05) is 6.92 Å². The molecule has 104 valence electrons. The molecule has 0 radical (unpaired) electrons. The Morgan fingerprint density at radius 2 is 2.30 bits per heavy atom. The molecule has 0 aliphatic rings. The van der Waals surface area contributed by atoms with Crippen molar-refractivity contribution in [1.29, 1.82) is 0 Å². The van der Waals surface area contributed by atoms with E-state index in [0.717, 1.165) is 0 Å². The van der Waals surface area contributed by atoms with Crippen molar-refractivity contribution >= 4 is 12.1 Å². The van der Waals surface area contributed by atoms with Crippen LogP contribution in [0.25, 0.3) is 11.4 Å². The second-order valence-electron chi connectivity index (χ2n) is 3.61. The second kappa shape index (κ2) is 5.78. The van der Waals surface area contributed by atoms with Crippen molar-refractivity contribution in [1.82, 2.24) is 20.2 Å². The lowest BCUT2D eigenvalue weighted by Crippen LogP contribution is -2.16. The maximum Gasteiger partial charge on any atom is 0.511 e. The van der Waals surface area contributed by atoms with Crippen molar-refractivity contribution in [2.45, 2.75) is 6.92 Å². The summed E-state index contributed by atoms with van der Waals surface area (Å²) >= 11 is 0. The van der Waals surface area contributed by atoms with Crippen molar-refractivity contribution < 1.29 is 14.6 Å². The summed E-state index contributed by atoms with van der Waals surface area (Å²) in [7, 11) is 0. The summed E-state index contributed by atoms with van der Waals surface area (Å²) in [5.41, 5.74) is -0.0537. The van der Waals surface area contributed by atoms with Crippen LogP contribution in [0.3, 0.4) is 0 Å². The average molecular weight is 277 g/mol. The summed E-state index contributed by atoms with van der Waals surface area (Å²) in [5, 5.41) is 17.4. The van der Waals surface area contributed by atoms with Gasteiger partial charge in [0.25, 0.3) is 0 Å². The largest absolute Gasteiger partial charge is 0.511 e. The Labute approximate surface area is 112 Å². The Hall–Kier alpha value is -2.97. The maximum atomic E-state index is 11.4.